The van der Waals surface area contributed by atoms with E-state index in [0.29, 0.717) is 5.75 Å². The molecule has 1 aliphatic heterocycles. The highest BCUT2D eigenvalue weighted by Crippen LogP contribution is 2.51. The van der Waals surface area contributed by atoms with E-state index >= 15 is 0 Å². The van der Waals surface area contributed by atoms with E-state index in [1.807, 2.05) is 17.4 Å². The average molecular weight is 542 g/mol. The molecule has 2 aliphatic rings. The number of ether oxygens (including phenoxy) is 2. The molecule has 38 heavy (non-hydrogen) atoms. The molecule has 2 amide bonds. The molecule has 3 atom stereocenters. The first-order valence-corrected chi connectivity index (χ1v) is 13.7. The summed E-state index contributed by atoms with van der Waals surface area (Å²) in [5.41, 5.74) is 1.38. The Balaban J connectivity index is 1.37. The molecule has 9 heteroatoms. The summed E-state index contributed by atoms with van der Waals surface area (Å²) in [5, 5.41) is 5.72. The van der Waals surface area contributed by atoms with Crippen molar-refractivity contribution in [3.05, 3.63) is 75.5 Å². The molecule has 5 rings (SSSR count). The van der Waals surface area contributed by atoms with Crippen LogP contribution in [0, 0.1) is 18.6 Å². The van der Waals surface area contributed by atoms with Crippen molar-refractivity contribution in [1.82, 2.24) is 10.2 Å². The molecule has 3 aromatic rings. The van der Waals surface area contributed by atoms with E-state index in [2.05, 4.69) is 46.7 Å². The second-order valence-electron chi connectivity index (χ2n) is 10.2. The monoisotopic (exact) mass is 541 g/mol. The fourth-order valence-electron chi connectivity index (χ4n) is 6.14. The topological polar surface area (TPSA) is 62.8 Å². The maximum Gasteiger partial charge on any atom is 0.319 e. The van der Waals surface area contributed by atoms with Crippen LogP contribution in [0.1, 0.15) is 41.0 Å². The standard InChI is InChI=1S/C29H33F2N3O3S/c1-18-4-7-22(38-18)17-34-13-12-29(19-5-9-25(36-2)26(14-19)37-3)11-10-21(16-27(29)34)33-28(35)32-20-6-8-23(30)24(31)15-20/h4-9,14-15,21,27H,10-13,16-17H2,1-3H3,(H2,32,33,35). The maximum absolute atomic E-state index is 13.6. The van der Waals surface area contributed by atoms with E-state index in [9.17, 15) is 13.6 Å². The second kappa shape index (κ2) is 10.9. The summed E-state index contributed by atoms with van der Waals surface area (Å²) in [6.07, 6.45) is 3.51. The number of aryl methyl sites for hydroxylation is 1. The number of hydrogen-bond donors (Lipinski definition) is 2. The minimum Gasteiger partial charge on any atom is -0.493 e. The molecule has 1 aromatic heterocycles. The largest absolute Gasteiger partial charge is 0.493 e. The van der Waals surface area contributed by atoms with Gasteiger partial charge >= 0.3 is 6.03 Å². The number of thiophene rings is 1. The van der Waals surface area contributed by atoms with Crippen LogP contribution in [0.3, 0.4) is 0 Å². The van der Waals surface area contributed by atoms with E-state index in [1.54, 1.807) is 14.2 Å². The highest BCUT2D eigenvalue weighted by molar-refractivity contribution is 7.11. The summed E-state index contributed by atoms with van der Waals surface area (Å²) in [4.78, 5) is 17.9. The lowest BCUT2D eigenvalue weighted by Gasteiger charge is -2.45. The van der Waals surface area contributed by atoms with Crippen molar-refractivity contribution in [1.29, 1.82) is 0 Å². The van der Waals surface area contributed by atoms with E-state index in [1.165, 1.54) is 21.4 Å². The van der Waals surface area contributed by atoms with Gasteiger partial charge in [0, 0.05) is 45.6 Å². The number of fused-ring (bicyclic) bond motifs is 1. The molecule has 6 nitrogen and oxygen atoms in total. The third-order valence-corrected chi connectivity index (χ3v) is 8.98. The normalized spacial score (nSPS) is 23.1. The number of anilines is 1. The molecule has 2 N–H and O–H groups in total. The fraction of sp³-hybridized carbons (Fsp3) is 0.414. The molecular formula is C29H33F2N3O3S. The van der Waals surface area contributed by atoms with Crippen LogP contribution in [0.5, 0.6) is 11.5 Å². The van der Waals surface area contributed by atoms with Crippen molar-refractivity contribution >= 4 is 23.1 Å². The van der Waals surface area contributed by atoms with Gasteiger partial charge in [0.2, 0.25) is 0 Å². The molecule has 2 heterocycles. The van der Waals surface area contributed by atoms with Crippen LogP contribution in [0.4, 0.5) is 19.3 Å². The maximum atomic E-state index is 13.6. The lowest BCUT2D eigenvalue weighted by Crippen LogP contribution is -2.52. The molecule has 1 saturated carbocycles. The summed E-state index contributed by atoms with van der Waals surface area (Å²) in [6, 6.07) is 13.7. The Bertz CT molecular complexity index is 1320. The number of nitrogens with zero attached hydrogens (tertiary/aromatic N) is 1. The Hall–Kier alpha value is -3.17. The van der Waals surface area contributed by atoms with Gasteiger partial charge in [-0.05, 0) is 81.1 Å². The van der Waals surface area contributed by atoms with Crippen molar-refractivity contribution in [2.45, 2.75) is 56.7 Å². The van der Waals surface area contributed by atoms with Crippen LogP contribution in [-0.2, 0) is 12.0 Å². The van der Waals surface area contributed by atoms with Crippen molar-refractivity contribution in [3.8, 4) is 11.5 Å². The number of carbonyl (C=O) groups is 1. The van der Waals surface area contributed by atoms with Crippen LogP contribution in [0.2, 0.25) is 0 Å². The molecule has 3 unspecified atom stereocenters. The lowest BCUT2D eigenvalue weighted by atomic mass is 9.65. The third-order valence-electron chi connectivity index (χ3n) is 8.00. The van der Waals surface area contributed by atoms with Gasteiger partial charge in [-0.15, -0.1) is 11.3 Å². The fourth-order valence-corrected chi connectivity index (χ4v) is 7.06. The molecular weight excluding hydrogens is 508 g/mol. The van der Waals surface area contributed by atoms with Gasteiger partial charge in [-0.25, -0.2) is 13.6 Å². The molecule has 2 fully saturated rings. The number of benzene rings is 2. The minimum absolute atomic E-state index is 0.0516. The van der Waals surface area contributed by atoms with Gasteiger partial charge in [0.25, 0.3) is 0 Å². The first-order valence-electron chi connectivity index (χ1n) is 12.9. The van der Waals surface area contributed by atoms with E-state index in [0.717, 1.165) is 56.7 Å². The molecule has 1 aliphatic carbocycles. The van der Waals surface area contributed by atoms with Gasteiger partial charge < -0.3 is 20.1 Å². The number of rotatable bonds is 7. The Labute approximate surface area is 225 Å². The molecule has 0 bridgehead atoms. The summed E-state index contributed by atoms with van der Waals surface area (Å²) >= 11 is 1.82. The van der Waals surface area contributed by atoms with Crippen LogP contribution >= 0.6 is 11.3 Å². The number of nitrogens with one attached hydrogen (secondary N) is 2. The zero-order chi connectivity index (χ0) is 26.9. The first-order chi connectivity index (χ1) is 18.3. The zero-order valence-electron chi connectivity index (χ0n) is 21.9. The van der Waals surface area contributed by atoms with Gasteiger partial charge in [-0.3, -0.25) is 4.90 Å². The van der Waals surface area contributed by atoms with Crippen LogP contribution < -0.4 is 20.1 Å². The van der Waals surface area contributed by atoms with Crippen LogP contribution in [0.15, 0.2) is 48.5 Å². The summed E-state index contributed by atoms with van der Waals surface area (Å²) < 4.78 is 38.0. The van der Waals surface area contributed by atoms with Crippen molar-refractivity contribution < 1.29 is 23.0 Å². The summed E-state index contributed by atoms with van der Waals surface area (Å²) in [5.74, 6) is -0.517. The predicted octanol–water partition coefficient (Wildman–Crippen LogP) is 6.24. The first kappa shape index (κ1) is 26.4. The van der Waals surface area contributed by atoms with Crippen molar-refractivity contribution in [3.63, 3.8) is 0 Å². The van der Waals surface area contributed by atoms with Gasteiger partial charge in [0.1, 0.15) is 0 Å². The zero-order valence-corrected chi connectivity index (χ0v) is 22.7. The quantitative estimate of drug-likeness (QED) is 0.372. The number of likely N-dealkylation sites (tertiary alicyclic amines) is 1. The van der Waals surface area contributed by atoms with E-state index in [-0.39, 0.29) is 23.2 Å². The number of urea groups is 1. The Morgan fingerprint density at radius 3 is 2.58 bits per heavy atom. The number of methoxy groups -OCH3 is 2. The molecule has 0 radical (unpaired) electrons. The van der Waals surface area contributed by atoms with Crippen molar-refractivity contribution in [2.75, 3.05) is 26.1 Å². The minimum atomic E-state index is -0.995. The van der Waals surface area contributed by atoms with Crippen LogP contribution in [-0.4, -0.2) is 43.8 Å². The molecule has 202 valence electrons. The van der Waals surface area contributed by atoms with Gasteiger partial charge in [-0.1, -0.05) is 6.07 Å². The van der Waals surface area contributed by atoms with E-state index in [4.69, 9.17) is 9.47 Å². The van der Waals surface area contributed by atoms with Gasteiger partial charge in [-0.2, -0.15) is 0 Å². The predicted molar refractivity (Wildman–Crippen MR) is 145 cm³/mol. The van der Waals surface area contributed by atoms with E-state index < -0.39 is 17.7 Å². The van der Waals surface area contributed by atoms with Crippen molar-refractivity contribution in [2.24, 2.45) is 0 Å². The Kier molecular flexibility index (Phi) is 7.59. The van der Waals surface area contributed by atoms with Gasteiger partial charge in [0.05, 0.1) is 14.2 Å². The SMILES string of the molecule is COc1ccc(C23CCC(NC(=O)Nc4ccc(F)c(F)c4)CC2N(Cc2ccc(C)s2)CC3)cc1OC. The van der Waals surface area contributed by atoms with Gasteiger partial charge in [0.15, 0.2) is 23.1 Å². The molecule has 2 aromatic carbocycles. The number of carbonyl (C=O) groups excluding carboxylic acids is 1. The lowest BCUT2D eigenvalue weighted by molar-refractivity contribution is 0.132. The number of amides is 2. The molecule has 0 spiro atoms. The summed E-state index contributed by atoms with van der Waals surface area (Å²) in [6.45, 7) is 3.95. The summed E-state index contributed by atoms with van der Waals surface area (Å²) in [7, 11) is 3.30. The number of hydrogen-bond acceptors (Lipinski definition) is 5. The average Bonchev–Trinajstić information content (AvgIpc) is 3.49. The Morgan fingerprint density at radius 2 is 1.87 bits per heavy atom. The Morgan fingerprint density at radius 1 is 1.05 bits per heavy atom. The smallest absolute Gasteiger partial charge is 0.319 e. The number of halogens is 2. The second-order valence-corrected chi connectivity index (χ2v) is 11.5. The highest BCUT2D eigenvalue weighted by atomic mass is 32.1. The highest BCUT2D eigenvalue weighted by Gasteiger charge is 2.51. The third kappa shape index (κ3) is 5.22. The molecule has 1 saturated heterocycles. The van der Waals surface area contributed by atoms with Crippen LogP contribution in [0.25, 0.3) is 0 Å².